The molecule has 0 aliphatic heterocycles. The number of rotatable bonds is 16. The van der Waals surface area contributed by atoms with Crippen molar-refractivity contribution in [2.24, 2.45) is 11.3 Å². The van der Waals surface area contributed by atoms with Crippen LogP contribution in [0.4, 0.5) is 0 Å². The molecule has 0 aromatic carbocycles. The van der Waals surface area contributed by atoms with Gasteiger partial charge in [0.15, 0.2) is 0 Å². The smallest absolute Gasteiger partial charge is 0.0695 e. The highest BCUT2D eigenvalue weighted by atomic mass is 16.3. The van der Waals surface area contributed by atoms with E-state index >= 15 is 0 Å². The van der Waals surface area contributed by atoms with Crippen LogP contribution in [-0.2, 0) is 0 Å². The maximum atomic E-state index is 10.0. The highest BCUT2D eigenvalue weighted by Gasteiger charge is 2.34. The first-order valence-electron chi connectivity index (χ1n) is 10.6. The van der Waals surface area contributed by atoms with Crippen LogP contribution < -0.4 is 0 Å². The summed E-state index contributed by atoms with van der Waals surface area (Å²) >= 11 is 0. The summed E-state index contributed by atoms with van der Waals surface area (Å²) in [7, 11) is 2.11. The SMILES string of the molecule is C=C/C(=C\C=C\C)CCN(C)CCCC(C#N)(CC)C(/C=C/CO)C/C=C/CO. The molecule has 2 atom stereocenters. The summed E-state index contributed by atoms with van der Waals surface area (Å²) in [6, 6.07) is 2.58. The van der Waals surface area contributed by atoms with Gasteiger partial charge in [0.05, 0.1) is 24.7 Å². The van der Waals surface area contributed by atoms with Gasteiger partial charge < -0.3 is 15.1 Å². The van der Waals surface area contributed by atoms with Crippen molar-refractivity contribution in [2.75, 3.05) is 33.4 Å². The number of aliphatic hydroxyl groups is 2. The van der Waals surface area contributed by atoms with Gasteiger partial charge in [0.25, 0.3) is 0 Å². The summed E-state index contributed by atoms with van der Waals surface area (Å²) < 4.78 is 0. The van der Waals surface area contributed by atoms with E-state index in [0.29, 0.717) is 6.42 Å². The normalized spacial score (nSPS) is 16.0. The molecule has 4 heteroatoms. The van der Waals surface area contributed by atoms with Crippen LogP contribution in [0.5, 0.6) is 0 Å². The molecule has 4 nitrogen and oxygen atoms in total. The van der Waals surface area contributed by atoms with E-state index in [9.17, 15) is 10.4 Å². The highest BCUT2D eigenvalue weighted by molar-refractivity contribution is 5.22. The van der Waals surface area contributed by atoms with Gasteiger partial charge in [-0.25, -0.2) is 0 Å². The van der Waals surface area contributed by atoms with Crippen LogP contribution in [0, 0.1) is 22.7 Å². The van der Waals surface area contributed by atoms with Crippen LogP contribution in [0.15, 0.2) is 60.8 Å². The summed E-state index contributed by atoms with van der Waals surface area (Å²) in [6.45, 7) is 9.80. The lowest BCUT2D eigenvalue weighted by Crippen LogP contribution is -2.29. The van der Waals surface area contributed by atoms with E-state index < -0.39 is 5.41 Å². The minimum absolute atomic E-state index is 0.00208. The van der Waals surface area contributed by atoms with Crippen molar-refractivity contribution in [3.8, 4) is 6.07 Å². The third-order valence-corrected chi connectivity index (χ3v) is 5.41. The largest absolute Gasteiger partial charge is 0.392 e. The molecule has 0 rings (SSSR count). The van der Waals surface area contributed by atoms with Crippen molar-refractivity contribution in [1.82, 2.24) is 4.90 Å². The molecule has 0 spiro atoms. The second kappa shape index (κ2) is 17.0. The molecule has 0 heterocycles. The van der Waals surface area contributed by atoms with E-state index in [2.05, 4.69) is 37.6 Å². The molecule has 2 N–H and O–H groups in total. The number of nitrogens with zero attached hydrogens (tertiary/aromatic N) is 2. The number of allylic oxidation sites excluding steroid dienone is 6. The van der Waals surface area contributed by atoms with Crippen molar-refractivity contribution < 1.29 is 10.2 Å². The molecule has 0 aliphatic carbocycles. The maximum Gasteiger partial charge on any atom is 0.0695 e. The average molecular weight is 401 g/mol. The molecule has 2 unspecified atom stereocenters. The topological polar surface area (TPSA) is 67.5 Å². The van der Waals surface area contributed by atoms with Gasteiger partial charge in [-0.1, -0.05) is 62.1 Å². The lowest BCUT2D eigenvalue weighted by molar-refractivity contribution is 0.227. The Balaban J connectivity index is 4.91. The lowest BCUT2D eigenvalue weighted by atomic mass is 9.69. The average Bonchev–Trinajstić information content (AvgIpc) is 2.74. The molecule has 0 saturated carbocycles. The van der Waals surface area contributed by atoms with E-state index in [-0.39, 0.29) is 19.1 Å². The zero-order chi connectivity index (χ0) is 22.0. The standard InChI is InChI=1S/C25H40N2O2/c1-5-8-13-23(6-2)16-19-27(4)18-12-17-25(7-3,22-26)24(15-11-21-29)14-9-10-20-28/h5-6,8-11,13,15,24,28-29H,2,7,12,14,16-21H2,1,3-4H3/b8-5+,10-9+,15-11+,23-13+. The Labute approximate surface area is 178 Å². The van der Waals surface area contributed by atoms with Crippen molar-refractivity contribution >= 4 is 0 Å². The van der Waals surface area contributed by atoms with Crippen LogP contribution in [0.25, 0.3) is 0 Å². The van der Waals surface area contributed by atoms with E-state index in [1.165, 1.54) is 5.57 Å². The predicted octanol–water partition coefficient (Wildman–Crippen LogP) is 4.80. The fraction of sp³-hybridized carbons (Fsp3) is 0.560. The fourth-order valence-electron chi connectivity index (χ4n) is 3.44. The van der Waals surface area contributed by atoms with Gasteiger partial charge >= 0.3 is 0 Å². The first kappa shape index (κ1) is 27.1. The Morgan fingerprint density at radius 1 is 1.21 bits per heavy atom. The lowest BCUT2D eigenvalue weighted by Gasteiger charge is -2.33. The molecule has 0 fully saturated rings. The van der Waals surface area contributed by atoms with Crippen LogP contribution in [0.3, 0.4) is 0 Å². The van der Waals surface area contributed by atoms with Crippen LogP contribution in [0.2, 0.25) is 0 Å². The van der Waals surface area contributed by atoms with Crippen LogP contribution in [0.1, 0.15) is 46.0 Å². The fourth-order valence-corrected chi connectivity index (χ4v) is 3.44. The summed E-state index contributed by atoms with van der Waals surface area (Å²) in [4.78, 5) is 2.30. The zero-order valence-electron chi connectivity index (χ0n) is 18.6. The van der Waals surface area contributed by atoms with Gasteiger partial charge in [-0.3, -0.25) is 0 Å². The zero-order valence-corrected chi connectivity index (χ0v) is 18.6. The van der Waals surface area contributed by atoms with E-state index in [0.717, 1.165) is 38.8 Å². The highest BCUT2D eigenvalue weighted by Crippen LogP contribution is 2.39. The summed E-state index contributed by atoms with van der Waals surface area (Å²) in [5, 5.41) is 28.2. The van der Waals surface area contributed by atoms with Gasteiger partial charge in [0.1, 0.15) is 0 Å². The molecule has 162 valence electrons. The molecule has 29 heavy (non-hydrogen) atoms. The van der Waals surface area contributed by atoms with Crippen molar-refractivity contribution in [2.45, 2.75) is 46.0 Å². The Kier molecular flexibility index (Phi) is 15.8. The second-order valence-electron chi connectivity index (χ2n) is 7.36. The summed E-state index contributed by atoms with van der Waals surface area (Å²) in [6.07, 6.45) is 19.5. The third kappa shape index (κ3) is 11.0. The molecule has 0 aliphatic rings. The second-order valence-corrected chi connectivity index (χ2v) is 7.36. The Hall–Kier alpha value is -1.93. The van der Waals surface area contributed by atoms with Crippen LogP contribution >= 0.6 is 0 Å². The minimum Gasteiger partial charge on any atom is -0.392 e. The van der Waals surface area contributed by atoms with Crippen molar-refractivity contribution in [3.05, 3.63) is 60.8 Å². The first-order chi connectivity index (χ1) is 14.0. The minimum atomic E-state index is -0.468. The predicted molar refractivity (Wildman–Crippen MR) is 123 cm³/mol. The van der Waals surface area contributed by atoms with Gasteiger partial charge in [0, 0.05) is 6.54 Å². The quantitative estimate of drug-likeness (QED) is 0.288. The van der Waals surface area contributed by atoms with Gasteiger partial charge in [-0.2, -0.15) is 5.26 Å². The molecular weight excluding hydrogens is 360 g/mol. The maximum absolute atomic E-state index is 10.0. The van der Waals surface area contributed by atoms with Gasteiger partial charge in [-0.15, -0.1) is 0 Å². The molecule has 0 amide bonds. The molecule has 0 aromatic heterocycles. The molecule has 0 radical (unpaired) electrons. The van der Waals surface area contributed by atoms with E-state index in [1.54, 1.807) is 12.2 Å². The van der Waals surface area contributed by atoms with Gasteiger partial charge in [0.2, 0.25) is 0 Å². The summed E-state index contributed by atoms with van der Waals surface area (Å²) in [5.41, 5.74) is 0.754. The molecule has 0 aromatic rings. The van der Waals surface area contributed by atoms with Crippen LogP contribution in [-0.4, -0.2) is 48.5 Å². The number of aliphatic hydroxyl groups excluding tert-OH is 2. The Morgan fingerprint density at radius 2 is 1.93 bits per heavy atom. The van der Waals surface area contributed by atoms with Crippen molar-refractivity contribution in [3.63, 3.8) is 0 Å². The number of nitriles is 1. The van der Waals surface area contributed by atoms with Crippen molar-refractivity contribution in [1.29, 1.82) is 5.26 Å². The monoisotopic (exact) mass is 400 g/mol. The summed E-state index contributed by atoms with van der Waals surface area (Å²) in [5.74, 6) is 0.0221. The van der Waals surface area contributed by atoms with Gasteiger partial charge in [-0.05, 0) is 64.1 Å². The Morgan fingerprint density at radius 3 is 2.48 bits per heavy atom. The third-order valence-electron chi connectivity index (χ3n) is 5.41. The number of hydrogen-bond donors (Lipinski definition) is 2. The molecule has 0 saturated heterocycles. The van der Waals surface area contributed by atoms with E-state index in [1.807, 2.05) is 37.3 Å². The first-order valence-corrected chi connectivity index (χ1v) is 10.6. The molecular formula is C25H40N2O2. The number of hydrogen-bond acceptors (Lipinski definition) is 4. The molecule has 0 bridgehead atoms. The Bertz CT molecular complexity index is 598. The van der Waals surface area contributed by atoms with E-state index in [4.69, 9.17) is 5.11 Å².